The number of para-hydroxylation sites is 2. The topological polar surface area (TPSA) is 45.7 Å². The van der Waals surface area contributed by atoms with Crippen LogP contribution in [0.3, 0.4) is 0 Å². The van der Waals surface area contributed by atoms with Crippen LogP contribution in [-0.4, -0.2) is 11.3 Å². The molecule has 0 aliphatic heterocycles. The first-order valence-corrected chi connectivity index (χ1v) is 9.02. The quantitative estimate of drug-likeness (QED) is 0.355. The van der Waals surface area contributed by atoms with E-state index < -0.39 is 0 Å². The molecule has 2 N–H and O–H groups in total. The van der Waals surface area contributed by atoms with Gasteiger partial charge in [-0.2, -0.15) is 5.10 Å². The highest BCUT2D eigenvalue weighted by atomic mass is 32.1. The van der Waals surface area contributed by atoms with Crippen molar-refractivity contribution < 1.29 is 4.74 Å². The number of aryl methyl sites for hydroxylation is 2. The van der Waals surface area contributed by atoms with Crippen molar-refractivity contribution in [3.63, 3.8) is 0 Å². The molecule has 0 fully saturated rings. The van der Waals surface area contributed by atoms with Crippen LogP contribution < -0.4 is 15.5 Å². The minimum Gasteiger partial charge on any atom is -0.457 e. The Morgan fingerprint density at radius 1 is 0.852 bits per heavy atom. The van der Waals surface area contributed by atoms with Gasteiger partial charge in [-0.15, -0.1) is 0 Å². The molecule has 0 radical (unpaired) electrons. The van der Waals surface area contributed by atoms with Gasteiger partial charge in [0, 0.05) is 5.69 Å². The lowest BCUT2D eigenvalue weighted by molar-refractivity contribution is 0.482. The Kier molecular flexibility index (Phi) is 6.18. The first-order valence-electron chi connectivity index (χ1n) is 8.61. The van der Waals surface area contributed by atoms with Crippen molar-refractivity contribution in [1.29, 1.82) is 0 Å². The van der Waals surface area contributed by atoms with Gasteiger partial charge in [0.2, 0.25) is 0 Å². The number of hydrazone groups is 1. The number of rotatable bonds is 5. The molecular weight excluding hydrogens is 354 g/mol. The molecule has 0 unspecified atom stereocenters. The zero-order chi connectivity index (χ0) is 19.1. The van der Waals surface area contributed by atoms with Crippen molar-refractivity contribution in [3.8, 4) is 11.5 Å². The van der Waals surface area contributed by atoms with Crippen LogP contribution in [0.4, 0.5) is 5.69 Å². The number of benzene rings is 3. The largest absolute Gasteiger partial charge is 0.457 e. The summed E-state index contributed by atoms with van der Waals surface area (Å²) in [6, 6.07) is 23.5. The van der Waals surface area contributed by atoms with Gasteiger partial charge in [0.1, 0.15) is 11.5 Å². The van der Waals surface area contributed by atoms with E-state index in [9.17, 15) is 0 Å². The zero-order valence-electron chi connectivity index (χ0n) is 15.3. The molecule has 5 heteroatoms. The number of nitrogens with zero attached hydrogens (tertiary/aromatic N) is 1. The summed E-state index contributed by atoms with van der Waals surface area (Å²) < 4.78 is 5.77. The average Bonchev–Trinajstić information content (AvgIpc) is 2.67. The van der Waals surface area contributed by atoms with E-state index in [0.29, 0.717) is 5.11 Å². The third kappa shape index (κ3) is 5.39. The van der Waals surface area contributed by atoms with Crippen molar-refractivity contribution in [1.82, 2.24) is 5.43 Å². The van der Waals surface area contributed by atoms with Crippen LogP contribution in [0.25, 0.3) is 0 Å². The maximum atomic E-state index is 5.77. The second kappa shape index (κ2) is 8.96. The van der Waals surface area contributed by atoms with Gasteiger partial charge in [0.25, 0.3) is 0 Å². The smallest absolute Gasteiger partial charge is 0.191 e. The highest BCUT2D eigenvalue weighted by molar-refractivity contribution is 7.80. The highest BCUT2D eigenvalue weighted by Gasteiger charge is 2.03. The normalized spacial score (nSPS) is 10.6. The molecule has 0 atom stereocenters. The molecular formula is C22H21N3OS. The van der Waals surface area contributed by atoms with E-state index in [1.807, 2.05) is 86.6 Å². The molecule has 3 aromatic rings. The Labute approximate surface area is 164 Å². The Morgan fingerprint density at radius 2 is 1.48 bits per heavy atom. The summed E-state index contributed by atoms with van der Waals surface area (Å²) in [6.07, 6.45) is 1.71. The lowest BCUT2D eigenvalue weighted by Crippen LogP contribution is -2.24. The molecule has 0 spiro atoms. The van der Waals surface area contributed by atoms with Gasteiger partial charge >= 0.3 is 0 Å². The summed E-state index contributed by atoms with van der Waals surface area (Å²) in [7, 11) is 0. The van der Waals surface area contributed by atoms with Gasteiger partial charge in [0.05, 0.1) is 6.21 Å². The molecule has 136 valence electrons. The van der Waals surface area contributed by atoms with E-state index in [1.54, 1.807) is 6.21 Å². The molecule has 0 heterocycles. The number of hydrogen-bond donors (Lipinski definition) is 2. The summed E-state index contributed by atoms with van der Waals surface area (Å²) in [5.41, 5.74) is 7.07. The third-order valence-electron chi connectivity index (χ3n) is 3.96. The second-order valence-corrected chi connectivity index (χ2v) is 6.48. The van der Waals surface area contributed by atoms with Crippen LogP contribution in [0.5, 0.6) is 11.5 Å². The molecule has 3 rings (SSSR count). The summed E-state index contributed by atoms with van der Waals surface area (Å²) in [6.45, 7) is 4.08. The van der Waals surface area contributed by atoms with Gasteiger partial charge < -0.3 is 10.1 Å². The van der Waals surface area contributed by atoms with Crippen molar-refractivity contribution in [2.45, 2.75) is 13.8 Å². The number of nitrogens with one attached hydrogen (secondary N) is 2. The summed E-state index contributed by atoms with van der Waals surface area (Å²) in [5.74, 6) is 1.59. The van der Waals surface area contributed by atoms with Crippen LogP contribution in [0.2, 0.25) is 0 Å². The predicted molar refractivity (Wildman–Crippen MR) is 116 cm³/mol. The minimum absolute atomic E-state index is 0.452. The first-order chi connectivity index (χ1) is 13.1. The van der Waals surface area contributed by atoms with Crippen molar-refractivity contribution in [3.05, 3.63) is 89.5 Å². The molecule has 4 nitrogen and oxygen atoms in total. The Morgan fingerprint density at radius 3 is 2.15 bits per heavy atom. The molecule has 0 amide bonds. The standard InChI is InChI=1S/C22H21N3OS/c1-16-7-6-8-17(2)21(16)24-22(27)25-23-15-18-11-13-20(14-12-18)26-19-9-4-3-5-10-19/h3-15H,1-2H3,(H2,24,25,27)/b23-15-. The number of hydrogen-bond acceptors (Lipinski definition) is 3. The summed E-state index contributed by atoms with van der Waals surface area (Å²) in [4.78, 5) is 0. The number of anilines is 1. The SMILES string of the molecule is Cc1cccc(C)c1NC(=S)N/N=C\c1ccc(Oc2ccccc2)cc1. The van der Waals surface area contributed by atoms with E-state index in [2.05, 4.69) is 15.8 Å². The van der Waals surface area contributed by atoms with E-state index in [-0.39, 0.29) is 0 Å². The van der Waals surface area contributed by atoms with Crippen molar-refractivity contribution >= 4 is 29.2 Å². The number of thiocarbonyl (C=S) groups is 1. The van der Waals surface area contributed by atoms with Crippen molar-refractivity contribution in [2.75, 3.05) is 5.32 Å². The van der Waals surface area contributed by atoms with Crippen LogP contribution in [-0.2, 0) is 0 Å². The zero-order valence-corrected chi connectivity index (χ0v) is 16.1. The minimum atomic E-state index is 0.452. The lowest BCUT2D eigenvalue weighted by Gasteiger charge is -2.12. The third-order valence-corrected chi connectivity index (χ3v) is 4.15. The van der Waals surface area contributed by atoms with E-state index in [0.717, 1.165) is 33.9 Å². The molecule has 0 bridgehead atoms. The molecule has 0 aliphatic rings. The molecule has 3 aromatic carbocycles. The second-order valence-electron chi connectivity index (χ2n) is 6.08. The van der Waals surface area contributed by atoms with Crippen LogP contribution in [0.15, 0.2) is 77.9 Å². The maximum Gasteiger partial charge on any atom is 0.191 e. The van der Waals surface area contributed by atoms with Gasteiger partial charge in [-0.1, -0.05) is 36.4 Å². The Hall–Kier alpha value is -3.18. The summed E-state index contributed by atoms with van der Waals surface area (Å²) in [5, 5.41) is 7.83. The van der Waals surface area contributed by atoms with E-state index in [4.69, 9.17) is 17.0 Å². The monoisotopic (exact) mass is 375 g/mol. The lowest BCUT2D eigenvalue weighted by atomic mass is 10.1. The maximum absolute atomic E-state index is 5.77. The number of ether oxygens (including phenoxy) is 1. The molecule has 0 saturated heterocycles. The first kappa shape index (κ1) is 18.6. The van der Waals surface area contributed by atoms with Gasteiger partial charge in [-0.05, 0) is 79.2 Å². The van der Waals surface area contributed by atoms with Crippen LogP contribution >= 0.6 is 12.2 Å². The fourth-order valence-electron chi connectivity index (χ4n) is 2.57. The van der Waals surface area contributed by atoms with Gasteiger partial charge in [0.15, 0.2) is 5.11 Å². The van der Waals surface area contributed by atoms with Crippen LogP contribution in [0.1, 0.15) is 16.7 Å². The fraction of sp³-hybridized carbons (Fsp3) is 0.0909. The van der Waals surface area contributed by atoms with Crippen molar-refractivity contribution in [2.24, 2.45) is 5.10 Å². The van der Waals surface area contributed by atoms with Crippen LogP contribution in [0, 0.1) is 13.8 Å². The average molecular weight is 375 g/mol. The van der Waals surface area contributed by atoms with E-state index >= 15 is 0 Å². The predicted octanol–water partition coefficient (Wildman–Crippen LogP) is 5.42. The Balaban J connectivity index is 1.54. The fourth-order valence-corrected chi connectivity index (χ4v) is 2.72. The van der Waals surface area contributed by atoms with E-state index in [1.165, 1.54) is 0 Å². The summed E-state index contributed by atoms with van der Waals surface area (Å²) >= 11 is 5.31. The molecule has 0 aromatic heterocycles. The van der Waals surface area contributed by atoms with Gasteiger partial charge in [-0.25, -0.2) is 0 Å². The van der Waals surface area contributed by atoms with Gasteiger partial charge in [-0.3, -0.25) is 5.43 Å². The molecule has 0 saturated carbocycles. The molecule has 0 aliphatic carbocycles. The highest BCUT2D eigenvalue weighted by Crippen LogP contribution is 2.21. The molecule has 27 heavy (non-hydrogen) atoms. The Bertz CT molecular complexity index is 917.